The minimum Gasteiger partial charge on any atom is -0.338 e. The topological polar surface area (TPSA) is 38.9 Å². The third kappa shape index (κ3) is 3.03. The Balaban J connectivity index is 1.90. The van der Waals surface area contributed by atoms with E-state index in [2.05, 4.69) is 26.1 Å². The van der Waals surface area contributed by atoms with E-state index in [-0.39, 0.29) is 10.6 Å². The van der Waals surface area contributed by atoms with Gasteiger partial charge in [-0.2, -0.15) is 4.98 Å². The zero-order valence-corrected chi connectivity index (χ0v) is 12.8. The number of hydrogen-bond acceptors (Lipinski definition) is 3. The van der Waals surface area contributed by atoms with Crippen LogP contribution in [0.3, 0.4) is 0 Å². The first-order valence-electron chi connectivity index (χ1n) is 6.47. The van der Waals surface area contributed by atoms with Crippen molar-refractivity contribution in [1.29, 1.82) is 0 Å². The summed E-state index contributed by atoms with van der Waals surface area (Å²) in [5.74, 6) is 0.840. The maximum Gasteiger partial charge on any atom is 0.240 e. The molecule has 0 N–H and O–H groups in total. The Labute approximate surface area is 129 Å². The van der Waals surface area contributed by atoms with Crippen LogP contribution in [0.1, 0.15) is 17.6 Å². The summed E-state index contributed by atoms with van der Waals surface area (Å²) in [6.07, 6.45) is 0. The summed E-state index contributed by atoms with van der Waals surface area (Å²) in [6.45, 7) is 1.92. The molecule has 1 heterocycles. The van der Waals surface area contributed by atoms with Crippen LogP contribution in [0, 0.1) is 5.82 Å². The highest BCUT2D eigenvalue weighted by atomic mass is 79.9. The number of halogens is 2. The van der Waals surface area contributed by atoms with E-state index in [1.807, 2.05) is 37.3 Å². The molecule has 0 radical (unpaired) electrons. The number of rotatable bonds is 3. The van der Waals surface area contributed by atoms with Crippen LogP contribution in [0.4, 0.5) is 4.39 Å². The first-order valence-corrected chi connectivity index (χ1v) is 7.39. The Morgan fingerprint density at radius 1 is 1.05 bits per heavy atom. The van der Waals surface area contributed by atoms with E-state index < -0.39 is 0 Å². The maximum atomic E-state index is 13.2. The predicted octanol–water partition coefficient (Wildman–Crippen LogP) is 5.00. The predicted molar refractivity (Wildman–Crippen MR) is 82.5 cm³/mol. The summed E-state index contributed by atoms with van der Waals surface area (Å²) in [5, 5.41) is 3.95. The Bertz CT molecular complexity index is 753. The molecular formula is C16H12BrFN2O. The molecular weight excluding hydrogens is 335 g/mol. The van der Waals surface area contributed by atoms with Gasteiger partial charge in [-0.1, -0.05) is 57.5 Å². The average molecular weight is 347 g/mol. The van der Waals surface area contributed by atoms with Crippen molar-refractivity contribution >= 4 is 15.9 Å². The summed E-state index contributed by atoms with van der Waals surface area (Å²) in [7, 11) is 0. The smallest absolute Gasteiger partial charge is 0.240 e. The van der Waals surface area contributed by atoms with Crippen LogP contribution in [-0.2, 0) is 0 Å². The monoisotopic (exact) mass is 346 g/mol. The molecule has 1 atom stereocenters. The largest absolute Gasteiger partial charge is 0.338 e. The number of benzene rings is 2. The van der Waals surface area contributed by atoms with Crippen molar-refractivity contribution in [3.05, 3.63) is 60.2 Å². The molecule has 0 aliphatic heterocycles. The van der Waals surface area contributed by atoms with Crippen LogP contribution >= 0.6 is 15.9 Å². The van der Waals surface area contributed by atoms with Crippen LogP contribution in [0.25, 0.3) is 22.5 Å². The lowest BCUT2D eigenvalue weighted by molar-refractivity contribution is 0.382. The van der Waals surface area contributed by atoms with Gasteiger partial charge in [0.05, 0.1) is 4.83 Å². The molecule has 1 aromatic heterocycles. The molecule has 0 saturated carbocycles. The van der Waals surface area contributed by atoms with Crippen molar-refractivity contribution in [2.45, 2.75) is 11.8 Å². The molecule has 3 rings (SSSR count). The Morgan fingerprint density at radius 2 is 1.76 bits per heavy atom. The lowest BCUT2D eigenvalue weighted by Crippen LogP contribution is -1.85. The van der Waals surface area contributed by atoms with Gasteiger partial charge in [-0.3, -0.25) is 0 Å². The Kier molecular flexibility index (Phi) is 3.84. The third-order valence-corrected chi connectivity index (χ3v) is 3.47. The van der Waals surface area contributed by atoms with Crippen molar-refractivity contribution in [1.82, 2.24) is 10.1 Å². The van der Waals surface area contributed by atoms with Crippen molar-refractivity contribution < 1.29 is 8.91 Å². The molecule has 0 aliphatic carbocycles. The second-order valence-electron chi connectivity index (χ2n) is 4.66. The number of nitrogens with zero attached hydrogens (tertiary/aromatic N) is 2. The first-order chi connectivity index (χ1) is 10.1. The van der Waals surface area contributed by atoms with Gasteiger partial charge < -0.3 is 4.52 Å². The zero-order chi connectivity index (χ0) is 14.8. The second kappa shape index (κ2) is 5.77. The van der Waals surface area contributed by atoms with E-state index in [0.717, 1.165) is 16.7 Å². The van der Waals surface area contributed by atoms with Gasteiger partial charge in [0.1, 0.15) is 5.82 Å². The molecule has 3 aromatic rings. The second-order valence-corrected chi connectivity index (χ2v) is 6.03. The van der Waals surface area contributed by atoms with Gasteiger partial charge in [-0.05, 0) is 30.2 Å². The summed E-state index contributed by atoms with van der Waals surface area (Å²) in [6, 6.07) is 14.1. The van der Waals surface area contributed by atoms with Crippen LogP contribution in [0.5, 0.6) is 0 Å². The highest BCUT2D eigenvalue weighted by Gasteiger charge is 2.12. The van der Waals surface area contributed by atoms with E-state index in [1.165, 1.54) is 12.1 Å². The van der Waals surface area contributed by atoms with E-state index in [9.17, 15) is 4.39 Å². The molecule has 0 spiro atoms. The van der Waals surface area contributed by atoms with Crippen molar-refractivity contribution in [3.63, 3.8) is 0 Å². The average Bonchev–Trinajstić information content (AvgIpc) is 2.97. The summed E-state index contributed by atoms with van der Waals surface area (Å²) in [5.41, 5.74) is 2.64. The molecule has 0 amide bonds. The summed E-state index contributed by atoms with van der Waals surface area (Å²) < 4.78 is 18.4. The van der Waals surface area contributed by atoms with E-state index in [0.29, 0.717) is 11.7 Å². The van der Waals surface area contributed by atoms with Crippen molar-refractivity contribution in [2.75, 3.05) is 0 Å². The molecule has 0 saturated heterocycles. The molecule has 21 heavy (non-hydrogen) atoms. The zero-order valence-electron chi connectivity index (χ0n) is 11.3. The van der Waals surface area contributed by atoms with Gasteiger partial charge in [0, 0.05) is 5.56 Å². The third-order valence-electron chi connectivity index (χ3n) is 3.08. The van der Waals surface area contributed by atoms with Gasteiger partial charge in [0.15, 0.2) is 0 Å². The van der Waals surface area contributed by atoms with Gasteiger partial charge in [-0.15, -0.1) is 0 Å². The molecule has 1 unspecified atom stereocenters. The lowest BCUT2D eigenvalue weighted by atomic mass is 10.0. The van der Waals surface area contributed by atoms with Crippen molar-refractivity contribution in [3.8, 4) is 22.5 Å². The molecule has 106 valence electrons. The van der Waals surface area contributed by atoms with Crippen LogP contribution in [-0.4, -0.2) is 10.1 Å². The minimum absolute atomic E-state index is 0.0188. The molecule has 5 heteroatoms. The van der Waals surface area contributed by atoms with Gasteiger partial charge in [-0.25, -0.2) is 4.39 Å². The fraction of sp³-hybridized carbons (Fsp3) is 0.125. The fourth-order valence-corrected chi connectivity index (χ4v) is 2.18. The van der Waals surface area contributed by atoms with Crippen LogP contribution in [0.2, 0.25) is 0 Å². The fourth-order valence-electron chi connectivity index (χ4n) is 1.99. The number of aromatic nitrogens is 2. The van der Waals surface area contributed by atoms with E-state index in [1.54, 1.807) is 6.07 Å². The Hall–Kier alpha value is -2.01. The normalized spacial score (nSPS) is 12.3. The summed E-state index contributed by atoms with van der Waals surface area (Å²) in [4.78, 5) is 4.33. The highest BCUT2D eigenvalue weighted by Crippen LogP contribution is 2.26. The summed E-state index contributed by atoms with van der Waals surface area (Å²) >= 11 is 3.39. The van der Waals surface area contributed by atoms with Gasteiger partial charge >= 0.3 is 0 Å². The van der Waals surface area contributed by atoms with Crippen molar-refractivity contribution in [2.24, 2.45) is 0 Å². The Morgan fingerprint density at radius 3 is 2.38 bits per heavy atom. The molecule has 3 nitrogen and oxygen atoms in total. The quantitative estimate of drug-likeness (QED) is 0.626. The standard InChI is InChI=1S/C16H12BrFN2O/c1-10(17)16-19-15(20-21-16)12-7-5-11(6-8-12)13-3-2-4-14(18)9-13/h2-10H,1H3. The SMILES string of the molecule is CC(Br)c1nc(-c2ccc(-c3cccc(F)c3)cc2)no1. The highest BCUT2D eigenvalue weighted by molar-refractivity contribution is 9.09. The van der Waals surface area contributed by atoms with Crippen LogP contribution in [0.15, 0.2) is 53.1 Å². The molecule has 0 fully saturated rings. The van der Waals surface area contributed by atoms with E-state index in [4.69, 9.17) is 4.52 Å². The van der Waals surface area contributed by atoms with Gasteiger partial charge in [0.25, 0.3) is 0 Å². The molecule has 2 aromatic carbocycles. The van der Waals surface area contributed by atoms with Gasteiger partial charge in [0.2, 0.25) is 11.7 Å². The minimum atomic E-state index is -0.245. The lowest BCUT2D eigenvalue weighted by Gasteiger charge is -2.02. The molecule has 0 bridgehead atoms. The number of hydrogen-bond donors (Lipinski definition) is 0. The maximum absolute atomic E-state index is 13.2. The number of alkyl halides is 1. The molecule has 0 aliphatic rings. The van der Waals surface area contributed by atoms with E-state index >= 15 is 0 Å². The first kappa shape index (κ1) is 13.9. The van der Waals surface area contributed by atoms with Crippen LogP contribution < -0.4 is 0 Å².